The zero-order valence-corrected chi connectivity index (χ0v) is 12.7. The molecule has 2 aromatic carbocycles. The highest BCUT2D eigenvalue weighted by Gasteiger charge is 2.17. The van der Waals surface area contributed by atoms with Crippen LogP contribution in [-0.2, 0) is 10.0 Å². The van der Waals surface area contributed by atoms with Gasteiger partial charge < -0.3 is 5.11 Å². The Bertz CT molecular complexity index is 800. The topological polar surface area (TPSA) is 97.5 Å². The molecular formula is C14H13NO4S2. The van der Waals surface area contributed by atoms with E-state index in [1.54, 1.807) is 0 Å². The summed E-state index contributed by atoms with van der Waals surface area (Å²) in [6.07, 6.45) is 0. The van der Waals surface area contributed by atoms with Gasteiger partial charge in [0.05, 0.1) is 10.5 Å². The number of carboxylic acids is 1. The van der Waals surface area contributed by atoms with Gasteiger partial charge in [-0.1, -0.05) is 30.0 Å². The molecule has 110 valence electrons. The summed E-state index contributed by atoms with van der Waals surface area (Å²) in [6, 6.07) is 11.4. The Kier molecular flexibility index (Phi) is 4.36. The number of benzene rings is 2. The summed E-state index contributed by atoms with van der Waals surface area (Å²) in [4.78, 5) is 12.5. The van der Waals surface area contributed by atoms with Gasteiger partial charge in [0.2, 0.25) is 10.0 Å². The third-order valence-corrected chi connectivity index (χ3v) is 4.99. The highest BCUT2D eigenvalue weighted by atomic mass is 32.2. The average Bonchev–Trinajstić information content (AvgIpc) is 2.40. The number of hydrogen-bond acceptors (Lipinski definition) is 4. The normalized spacial score (nSPS) is 11.3. The molecule has 2 rings (SSSR count). The molecule has 0 spiro atoms. The van der Waals surface area contributed by atoms with Gasteiger partial charge in [-0.3, -0.25) is 0 Å². The van der Waals surface area contributed by atoms with E-state index < -0.39 is 16.0 Å². The number of carbonyl (C=O) groups is 1. The van der Waals surface area contributed by atoms with Crippen molar-refractivity contribution in [2.24, 2.45) is 5.14 Å². The van der Waals surface area contributed by atoms with Gasteiger partial charge in [0.15, 0.2) is 0 Å². The van der Waals surface area contributed by atoms with Crippen molar-refractivity contribution in [2.45, 2.75) is 21.6 Å². The second-order valence-electron chi connectivity index (χ2n) is 4.38. The molecular weight excluding hydrogens is 310 g/mol. The molecule has 3 N–H and O–H groups in total. The summed E-state index contributed by atoms with van der Waals surface area (Å²) in [7, 11) is -3.93. The summed E-state index contributed by atoms with van der Waals surface area (Å²) >= 11 is 1.27. The third-order valence-electron chi connectivity index (χ3n) is 2.82. The molecule has 21 heavy (non-hydrogen) atoms. The molecule has 0 amide bonds. The van der Waals surface area contributed by atoms with E-state index in [-0.39, 0.29) is 10.5 Å². The van der Waals surface area contributed by atoms with Crippen molar-refractivity contribution in [3.63, 3.8) is 0 Å². The number of nitrogens with two attached hydrogens (primary N) is 1. The molecule has 0 saturated heterocycles. The Hall–Kier alpha value is -1.83. The highest BCUT2D eigenvalue weighted by molar-refractivity contribution is 7.99. The van der Waals surface area contributed by atoms with E-state index in [4.69, 9.17) is 5.14 Å². The Morgan fingerprint density at radius 2 is 1.81 bits per heavy atom. The first-order chi connectivity index (χ1) is 9.79. The summed E-state index contributed by atoms with van der Waals surface area (Å²) in [5, 5.41) is 14.3. The lowest BCUT2D eigenvalue weighted by molar-refractivity contribution is 0.0693. The van der Waals surface area contributed by atoms with E-state index in [1.165, 1.54) is 23.9 Å². The molecule has 0 fully saturated rings. The first-order valence-corrected chi connectivity index (χ1v) is 8.29. The maximum atomic E-state index is 11.3. The van der Waals surface area contributed by atoms with E-state index in [0.29, 0.717) is 4.90 Å². The summed E-state index contributed by atoms with van der Waals surface area (Å²) < 4.78 is 22.6. The molecule has 2 aromatic rings. The molecule has 7 heteroatoms. The van der Waals surface area contributed by atoms with Crippen LogP contribution in [0.1, 0.15) is 15.9 Å². The van der Waals surface area contributed by atoms with Gasteiger partial charge in [-0.2, -0.15) is 0 Å². The van der Waals surface area contributed by atoms with Crippen LogP contribution in [0.5, 0.6) is 0 Å². The largest absolute Gasteiger partial charge is 0.478 e. The molecule has 0 aliphatic rings. The summed E-state index contributed by atoms with van der Waals surface area (Å²) in [5.74, 6) is -1.20. The third kappa shape index (κ3) is 3.63. The van der Waals surface area contributed by atoms with Gasteiger partial charge in [0, 0.05) is 9.79 Å². The Morgan fingerprint density at radius 1 is 1.14 bits per heavy atom. The minimum absolute atomic E-state index is 0.0882. The molecule has 0 aliphatic carbocycles. The number of carboxylic acid groups (broad SMARTS) is 1. The van der Waals surface area contributed by atoms with Crippen LogP contribution in [0.2, 0.25) is 0 Å². The van der Waals surface area contributed by atoms with E-state index >= 15 is 0 Å². The second kappa shape index (κ2) is 5.88. The van der Waals surface area contributed by atoms with Gasteiger partial charge >= 0.3 is 5.97 Å². The van der Waals surface area contributed by atoms with Crippen molar-refractivity contribution >= 4 is 27.8 Å². The molecule has 0 saturated carbocycles. The van der Waals surface area contributed by atoms with Crippen LogP contribution in [0, 0.1) is 6.92 Å². The first kappa shape index (κ1) is 15.6. The minimum Gasteiger partial charge on any atom is -0.478 e. The Labute approximate surface area is 126 Å². The predicted octanol–water partition coefficient (Wildman–Crippen LogP) is 2.49. The molecule has 5 nitrogen and oxygen atoms in total. The number of sulfonamides is 1. The molecule has 0 bridgehead atoms. The second-order valence-corrected chi connectivity index (χ2v) is 7.02. The number of aryl methyl sites for hydroxylation is 1. The Balaban J connectivity index is 2.50. The van der Waals surface area contributed by atoms with Crippen molar-refractivity contribution in [3.8, 4) is 0 Å². The van der Waals surface area contributed by atoms with E-state index in [9.17, 15) is 18.3 Å². The smallest absolute Gasteiger partial charge is 0.336 e. The highest BCUT2D eigenvalue weighted by Crippen LogP contribution is 2.33. The fourth-order valence-electron chi connectivity index (χ4n) is 1.73. The summed E-state index contributed by atoms with van der Waals surface area (Å²) in [5.41, 5.74) is 0.920. The van der Waals surface area contributed by atoms with Gasteiger partial charge in [-0.05, 0) is 36.8 Å². The average molecular weight is 323 g/mol. The van der Waals surface area contributed by atoms with Crippen LogP contribution < -0.4 is 5.14 Å². The van der Waals surface area contributed by atoms with Crippen molar-refractivity contribution in [2.75, 3.05) is 0 Å². The van der Waals surface area contributed by atoms with Crippen molar-refractivity contribution in [1.29, 1.82) is 0 Å². The lowest BCUT2D eigenvalue weighted by Gasteiger charge is -2.09. The Morgan fingerprint density at radius 3 is 2.38 bits per heavy atom. The van der Waals surface area contributed by atoms with Crippen LogP contribution in [-0.4, -0.2) is 19.5 Å². The fraction of sp³-hybridized carbons (Fsp3) is 0.0714. The number of rotatable bonds is 4. The standard InChI is InChI=1S/C14H13NO4S2/c1-9-4-2-3-5-12(9)20-13-7-6-10(21(15,18)19)8-11(13)14(16)17/h2-8H,1H3,(H,16,17)(H2,15,18,19). The molecule has 0 radical (unpaired) electrons. The van der Waals surface area contributed by atoms with Gasteiger partial charge in [-0.15, -0.1) is 0 Å². The maximum absolute atomic E-state index is 11.3. The molecule has 0 aromatic heterocycles. The zero-order valence-electron chi connectivity index (χ0n) is 11.1. The lowest BCUT2D eigenvalue weighted by Crippen LogP contribution is -2.13. The zero-order chi connectivity index (χ0) is 15.6. The van der Waals surface area contributed by atoms with E-state index in [2.05, 4.69) is 0 Å². The van der Waals surface area contributed by atoms with E-state index in [1.807, 2.05) is 31.2 Å². The van der Waals surface area contributed by atoms with Crippen molar-refractivity contribution < 1.29 is 18.3 Å². The van der Waals surface area contributed by atoms with Crippen molar-refractivity contribution in [1.82, 2.24) is 0 Å². The maximum Gasteiger partial charge on any atom is 0.336 e. The minimum atomic E-state index is -3.93. The predicted molar refractivity (Wildman–Crippen MR) is 80.1 cm³/mol. The molecule has 0 atom stereocenters. The molecule has 0 unspecified atom stereocenters. The quantitative estimate of drug-likeness (QED) is 0.901. The van der Waals surface area contributed by atoms with Crippen LogP contribution in [0.3, 0.4) is 0 Å². The SMILES string of the molecule is Cc1ccccc1Sc1ccc(S(N)(=O)=O)cc1C(=O)O. The van der Waals surface area contributed by atoms with Crippen LogP contribution in [0.4, 0.5) is 0 Å². The molecule has 0 aliphatic heterocycles. The molecule has 0 heterocycles. The van der Waals surface area contributed by atoms with Crippen molar-refractivity contribution in [3.05, 3.63) is 53.6 Å². The van der Waals surface area contributed by atoms with Gasteiger partial charge in [0.1, 0.15) is 0 Å². The number of hydrogen-bond donors (Lipinski definition) is 2. The lowest BCUT2D eigenvalue weighted by atomic mass is 10.2. The van der Waals surface area contributed by atoms with Crippen LogP contribution in [0.25, 0.3) is 0 Å². The first-order valence-electron chi connectivity index (χ1n) is 5.92. The van der Waals surface area contributed by atoms with Gasteiger partial charge in [0.25, 0.3) is 0 Å². The monoisotopic (exact) mass is 323 g/mol. The number of aromatic carboxylic acids is 1. The van der Waals surface area contributed by atoms with Crippen LogP contribution in [0.15, 0.2) is 57.2 Å². The van der Waals surface area contributed by atoms with Gasteiger partial charge in [-0.25, -0.2) is 18.4 Å². The van der Waals surface area contributed by atoms with E-state index in [0.717, 1.165) is 16.5 Å². The fourth-order valence-corrected chi connectivity index (χ4v) is 3.28. The van der Waals surface area contributed by atoms with Crippen LogP contribution >= 0.6 is 11.8 Å². The number of primary sulfonamides is 1. The summed E-state index contributed by atoms with van der Waals surface area (Å²) in [6.45, 7) is 1.92.